The van der Waals surface area contributed by atoms with Crippen molar-refractivity contribution in [3.8, 4) is 5.75 Å². The molecule has 0 saturated carbocycles. The second-order valence-electron chi connectivity index (χ2n) is 6.56. The number of amides is 2. The molecule has 0 bridgehead atoms. The third kappa shape index (κ3) is 5.18. The highest BCUT2D eigenvalue weighted by Crippen LogP contribution is 2.18. The molecule has 1 unspecified atom stereocenters. The van der Waals surface area contributed by atoms with Crippen molar-refractivity contribution in [2.75, 3.05) is 26.8 Å². The lowest BCUT2D eigenvalue weighted by Crippen LogP contribution is -2.57. The average molecular weight is 399 g/mol. The van der Waals surface area contributed by atoms with Crippen LogP contribution in [0.3, 0.4) is 0 Å². The molecule has 0 radical (unpaired) electrons. The van der Waals surface area contributed by atoms with E-state index in [1.807, 2.05) is 0 Å². The predicted molar refractivity (Wildman–Crippen MR) is 97.5 cm³/mol. The number of nitrogens with zero attached hydrogens (tertiary/aromatic N) is 1. The van der Waals surface area contributed by atoms with Gasteiger partial charge >= 0.3 is 0 Å². The van der Waals surface area contributed by atoms with Crippen LogP contribution in [0.1, 0.15) is 13.8 Å². The molecule has 27 heavy (non-hydrogen) atoms. The van der Waals surface area contributed by atoms with E-state index in [2.05, 4.69) is 4.72 Å². The zero-order chi connectivity index (χ0) is 20.2. The van der Waals surface area contributed by atoms with E-state index in [9.17, 15) is 18.0 Å². The minimum Gasteiger partial charge on any atom is -0.497 e. The average Bonchev–Trinajstić information content (AvgIpc) is 2.65. The number of carbonyl (C=O) groups excluding carboxylic acids is 2. The Kier molecular flexibility index (Phi) is 6.79. The van der Waals surface area contributed by atoms with E-state index < -0.39 is 34.0 Å². The Morgan fingerprint density at radius 1 is 1.30 bits per heavy atom. The van der Waals surface area contributed by atoms with Gasteiger partial charge in [0.15, 0.2) is 6.10 Å². The zero-order valence-corrected chi connectivity index (χ0v) is 16.4. The largest absolute Gasteiger partial charge is 0.497 e. The van der Waals surface area contributed by atoms with Gasteiger partial charge in [-0.3, -0.25) is 9.59 Å². The summed E-state index contributed by atoms with van der Waals surface area (Å²) >= 11 is 0. The van der Waals surface area contributed by atoms with Gasteiger partial charge in [-0.05, 0) is 30.2 Å². The van der Waals surface area contributed by atoms with Crippen LogP contribution >= 0.6 is 0 Å². The number of nitrogens with one attached hydrogen (secondary N) is 1. The summed E-state index contributed by atoms with van der Waals surface area (Å²) in [6, 6.07) is 4.88. The monoisotopic (exact) mass is 399 g/mol. The molecule has 1 aromatic rings. The smallest absolute Gasteiger partial charge is 0.248 e. The molecular weight excluding hydrogens is 374 g/mol. The standard InChI is InChI=1S/C17H25N3O6S/c1-11(2)15(17(22)20-8-9-26-14(10-20)16(18)21)19-27(23,24)13-6-4-12(25-3)5-7-13/h4-7,11,14-15,19H,8-10H2,1-3H3,(H2,18,21)/t14?,15-/m1/s1. The van der Waals surface area contributed by atoms with E-state index in [4.69, 9.17) is 15.2 Å². The lowest BCUT2D eigenvalue weighted by molar-refractivity contribution is -0.147. The number of nitrogens with two attached hydrogens (primary N) is 1. The van der Waals surface area contributed by atoms with Crippen molar-refractivity contribution in [1.82, 2.24) is 9.62 Å². The van der Waals surface area contributed by atoms with Gasteiger partial charge in [0, 0.05) is 6.54 Å². The number of primary amides is 1. The van der Waals surface area contributed by atoms with Crippen molar-refractivity contribution < 1.29 is 27.5 Å². The van der Waals surface area contributed by atoms with Crippen LogP contribution in [0.5, 0.6) is 5.75 Å². The first-order chi connectivity index (χ1) is 12.7. The molecule has 2 rings (SSSR count). The Balaban J connectivity index is 2.18. The molecule has 0 aliphatic carbocycles. The van der Waals surface area contributed by atoms with Gasteiger partial charge < -0.3 is 20.1 Å². The molecule has 3 N–H and O–H groups in total. The first-order valence-electron chi connectivity index (χ1n) is 8.51. The quantitative estimate of drug-likeness (QED) is 0.648. The van der Waals surface area contributed by atoms with Gasteiger partial charge in [-0.15, -0.1) is 0 Å². The summed E-state index contributed by atoms with van der Waals surface area (Å²) in [5.41, 5.74) is 5.24. The summed E-state index contributed by atoms with van der Waals surface area (Å²) < 4.78 is 38.1. The highest BCUT2D eigenvalue weighted by atomic mass is 32.2. The highest BCUT2D eigenvalue weighted by molar-refractivity contribution is 7.89. The molecule has 150 valence electrons. The summed E-state index contributed by atoms with van der Waals surface area (Å²) in [5.74, 6) is -0.860. The fraction of sp³-hybridized carbons (Fsp3) is 0.529. The second-order valence-corrected chi connectivity index (χ2v) is 8.28. The lowest BCUT2D eigenvalue weighted by atomic mass is 10.0. The topological polar surface area (TPSA) is 128 Å². The Labute approximate surface area is 158 Å². The Morgan fingerprint density at radius 2 is 1.93 bits per heavy atom. The number of ether oxygens (including phenoxy) is 2. The van der Waals surface area contributed by atoms with Gasteiger partial charge in [0.25, 0.3) is 0 Å². The number of sulfonamides is 1. The zero-order valence-electron chi connectivity index (χ0n) is 15.5. The van der Waals surface area contributed by atoms with E-state index in [1.54, 1.807) is 13.8 Å². The van der Waals surface area contributed by atoms with Crippen molar-refractivity contribution in [2.45, 2.75) is 30.9 Å². The van der Waals surface area contributed by atoms with Gasteiger partial charge in [-0.1, -0.05) is 13.8 Å². The maximum absolute atomic E-state index is 12.9. The fourth-order valence-electron chi connectivity index (χ4n) is 2.68. The van der Waals surface area contributed by atoms with Crippen LogP contribution in [0.2, 0.25) is 0 Å². The minimum absolute atomic E-state index is 0.00164. The number of hydrogen-bond acceptors (Lipinski definition) is 6. The predicted octanol–water partition coefficient (Wildman–Crippen LogP) is -0.289. The second kappa shape index (κ2) is 8.68. The SMILES string of the molecule is COc1ccc(S(=O)(=O)N[C@@H](C(=O)N2CCOC(C(N)=O)C2)C(C)C)cc1. The summed E-state index contributed by atoms with van der Waals surface area (Å²) in [6.07, 6.45) is -0.895. The Hall–Kier alpha value is -2.17. The number of benzene rings is 1. The van der Waals surface area contributed by atoms with Crippen LogP contribution in [0.4, 0.5) is 0 Å². The molecule has 2 atom stereocenters. The van der Waals surface area contributed by atoms with Crippen LogP contribution in [-0.4, -0.2) is 64.1 Å². The maximum atomic E-state index is 12.9. The van der Waals surface area contributed by atoms with E-state index in [0.717, 1.165) is 0 Å². The first-order valence-corrected chi connectivity index (χ1v) is 10.00. The minimum atomic E-state index is -3.92. The van der Waals surface area contributed by atoms with Crippen molar-refractivity contribution in [1.29, 1.82) is 0 Å². The van der Waals surface area contributed by atoms with Crippen molar-refractivity contribution >= 4 is 21.8 Å². The summed E-state index contributed by atoms with van der Waals surface area (Å²) in [5, 5.41) is 0. The molecule has 0 spiro atoms. The third-order valence-corrected chi connectivity index (χ3v) is 5.74. The van der Waals surface area contributed by atoms with Gasteiger partial charge in [0.05, 0.1) is 25.2 Å². The maximum Gasteiger partial charge on any atom is 0.248 e. The van der Waals surface area contributed by atoms with Crippen LogP contribution in [-0.2, 0) is 24.3 Å². The normalized spacial score (nSPS) is 19.0. The Morgan fingerprint density at radius 3 is 2.44 bits per heavy atom. The first kappa shape index (κ1) is 21.1. The van der Waals surface area contributed by atoms with E-state index in [-0.39, 0.29) is 30.5 Å². The van der Waals surface area contributed by atoms with Crippen molar-refractivity contribution in [3.63, 3.8) is 0 Å². The van der Waals surface area contributed by atoms with Crippen molar-refractivity contribution in [2.24, 2.45) is 11.7 Å². The number of morpholine rings is 1. The van der Waals surface area contributed by atoms with Gasteiger partial charge in [0.1, 0.15) is 11.8 Å². The molecular formula is C17H25N3O6S. The Bertz CT molecular complexity index is 778. The number of hydrogen-bond donors (Lipinski definition) is 2. The molecule has 1 aliphatic heterocycles. The van der Waals surface area contributed by atoms with Crippen molar-refractivity contribution in [3.05, 3.63) is 24.3 Å². The summed E-state index contributed by atoms with van der Waals surface area (Å²) in [4.78, 5) is 25.6. The van der Waals surface area contributed by atoms with Crippen LogP contribution in [0.15, 0.2) is 29.2 Å². The molecule has 1 fully saturated rings. The van der Waals surface area contributed by atoms with Crippen LogP contribution in [0.25, 0.3) is 0 Å². The van der Waals surface area contributed by atoms with Gasteiger partial charge in [-0.2, -0.15) is 4.72 Å². The fourth-order valence-corrected chi connectivity index (χ4v) is 4.02. The molecule has 10 heteroatoms. The molecule has 1 saturated heterocycles. The van der Waals surface area contributed by atoms with E-state index in [0.29, 0.717) is 5.75 Å². The summed E-state index contributed by atoms with van der Waals surface area (Å²) in [7, 11) is -2.44. The molecule has 1 aromatic carbocycles. The van der Waals surface area contributed by atoms with Gasteiger partial charge in [-0.25, -0.2) is 8.42 Å². The molecule has 1 aliphatic rings. The number of carbonyl (C=O) groups is 2. The molecule has 0 aromatic heterocycles. The lowest BCUT2D eigenvalue weighted by Gasteiger charge is -2.35. The summed E-state index contributed by atoms with van der Waals surface area (Å²) in [6.45, 7) is 3.91. The molecule has 2 amide bonds. The highest BCUT2D eigenvalue weighted by Gasteiger charge is 2.35. The van der Waals surface area contributed by atoms with Crippen LogP contribution < -0.4 is 15.2 Å². The third-order valence-electron chi connectivity index (χ3n) is 4.28. The number of rotatable bonds is 7. The molecule has 9 nitrogen and oxygen atoms in total. The molecule has 1 heterocycles. The van der Waals surface area contributed by atoms with E-state index in [1.165, 1.54) is 36.3 Å². The van der Waals surface area contributed by atoms with Crippen LogP contribution in [0, 0.1) is 5.92 Å². The van der Waals surface area contributed by atoms with E-state index >= 15 is 0 Å². The number of methoxy groups -OCH3 is 1. The van der Waals surface area contributed by atoms with Gasteiger partial charge in [0.2, 0.25) is 21.8 Å².